The summed E-state index contributed by atoms with van der Waals surface area (Å²) >= 11 is 10.2. The van der Waals surface area contributed by atoms with Crippen LogP contribution in [-0.4, -0.2) is 12.6 Å². The smallest absolute Gasteiger partial charge is 0.349 e. The zero-order valence-corrected chi connectivity index (χ0v) is 16.7. The van der Waals surface area contributed by atoms with Crippen molar-refractivity contribution in [3.63, 3.8) is 0 Å². The Bertz CT molecular complexity index is 691. The van der Waals surface area contributed by atoms with E-state index < -0.39 is 5.97 Å². The average molecular weight is 493 g/mol. The second kappa shape index (κ2) is 7.62. The Morgan fingerprint density at radius 2 is 1.77 bits per heavy atom. The van der Waals surface area contributed by atoms with Crippen LogP contribution in [0.2, 0.25) is 0 Å². The van der Waals surface area contributed by atoms with Gasteiger partial charge in [0.15, 0.2) is 6.61 Å². The van der Waals surface area contributed by atoms with Gasteiger partial charge in [0.1, 0.15) is 11.5 Å². The summed E-state index contributed by atoms with van der Waals surface area (Å²) in [5.74, 6) is 0.646. The van der Waals surface area contributed by atoms with E-state index in [1.807, 2.05) is 38.1 Å². The summed E-state index contributed by atoms with van der Waals surface area (Å²) in [7, 11) is 0. The zero-order chi connectivity index (χ0) is 16.3. The molecular formula is C16H13Br3O3. The molecule has 0 spiro atoms. The number of ether oxygens (including phenoxy) is 2. The molecule has 116 valence electrons. The van der Waals surface area contributed by atoms with Gasteiger partial charge in [-0.1, -0.05) is 22.0 Å². The molecule has 0 atom stereocenters. The SMILES string of the molecule is Cc1ccc(OC(=O)COc2c(C)cc(Br)cc2Br)c(Br)c1. The molecule has 0 saturated heterocycles. The fourth-order valence-electron chi connectivity index (χ4n) is 1.84. The van der Waals surface area contributed by atoms with Crippen molar-refractivity contribution in [2.75, 3.05) is 6.61 Å². The molecular weight excluding hydrogens is 480 g/mol. The van der Waals surface area contributed by atoms with E-state index in [1.165, 1.54) is 0 Å². The second-order valence-electron chi connectivity index (χ2n) is 4.73. The van der Waals surface area contributed by atoms with Gasteiger partial charge in [0, 0.05) is 4.47 Å². The Hall–Kier alpha value is -0.850. The van der Waals surface area contributed by atoms with Gasteiger partial charge in [-0.3, -0.25) is 0 Å². The van der Waals surface area contributed by atoms with E-state index in [9.17, 15) is 4.79 Å². The number of rotatable bonds is 4. The van der Waals surface area contributed by atoms with E-state index in [4.69, 9.17) is 9.47 Å². The van der Waals surface area contributed by atoms with E-state index in [1.54, 1.807) is 6.07 Å². The molecule has 2 rings (SSSR count). The number of esters is 1. The van der Waals surface area contributed by atoms with Crippen LogP contribution in [0.3, 0.4) is 0 Å². The summed E-state index contributed by atoms with van der Waals surface area (Å²) in [6.45, 7) is 3.71. The molecule has 0 aliphatic carbocycles. The van der Waals surface area contributed by atoms with Crippen LogP contribution in [-0.2, 0) is 4.79 Å². The molecule has 0 N–H and O–H groups in total. The third-order valence-electron chi connectivity index (χ3n) is 2.84. The van der Waals surface area contributed by atoms with Crippen molar-refractivity contribution in [3.8, 4) is 11.5 Å². The number of benzene rings is 2. The van der Waals surface area contributed by atoms with Crippen LogP contribution >= 0.6 is 47.8 Å². The predicted molar refractivity (Wildman–Crippen MR) is 96.6 cm³/mol. The summed E-state index contributed by atoms with van der Waals surface area (Å²) in [4.78, 5) is 11.9. The van der Waals surface area contributed by atoms with Gasteiger partial charge in [-0.05, 0) is 81.1 Å². The van der Waals surface area contributed by atoms with E-state index in [-0.39, 0.29) is 6.61 Å². The molecule has 3 nitrogen and oxygen atoms in total. The Morgan fingerprint density at radius 1 is 1.05 bits per heavy atom. The molecule has 0 fully saturated rings. The summed E-state index contributed by atoms with van der Waals surface area (Å²) in [5, 5.41) is 0. The molecule has 2 aromatic carbocycles. The van der Waals surface area contributed by atoms with Crippen LogP contribution in [0.25, 0.3) is 0 Å². The molecule has 22 heavy (non-hydrogen) atoms. The standard InChI is InChI=1S/C16H13Br3O3/c1-9-3-4-14(12(18)5-9)22-15(20)8-21-16-10(2)6-11(17)7-13(16)19/h3-7H,8H2,1-2H3. The largest absolute Gasteiger partial charge is 0.480 e. The first-order valence-electron chi connectivity index (χ1n) is 6.42. The van der Waals surface area contributed by atoms with E-state index in [0.29, 0.717) is 11.5 Å². The molecule has 6 heteroatoms. The Labute approximate surface area is 154 Å². The molecule has 0 aliphatic rings. The Morgan fingerprint density at radius 3 is 2.41 bits per heavy atom. The highest BCUT2D eigenvalue weighted by atomic mass is 79.9. The van der Waals surface area contributed by atoms with Gasteiger partial charge in [0.05, 0.1) is 8.95 Å². The van der Waals surface area contributed by atoms with Crippen molar-refractivity contribution in [2.24, 2.45) is 0 Å². The number of halogens is 3. The fraction of sp³-hybridized carbons (Fsp3) is 0.188. The lowest BCUT2D eigenvalue weighted by molar-refractivity contribution is -0.136. The van der Waals surface area contributed by atoms with Crippen LogP contribution in [0.5, 0.6) is 11.5 Å². The number of carbonyl (C=O) groups is 1. The third-order valence-corrected chi connectivity index (χ3v) is 4.51. The maximum Gasteiger partial charge on any atom is 0.349 e. The minimum absolute atomic E-state index is 0.165. The lowest BCUT2D eigenvalue weighted by Gasteiger charge is -2.12. The quantitative estimate of drug-likeness (QED) is 0.413. The van der Waals surface area contributed by atoms with Crippen LogP contribution in [0.4, 0.5) is 0 Å². The average Bonchev–Trinajstić information content (AvgIpc) is 2.40. The minimum Gasteiger partial charge on any atom is -0.480 e. The molecule has 2 aromatic rings. The van der Waals surface area contributed by atoms with Gasteiger partial charge in [-0.15, -0.1) is 0 Å². The van der Waals surface area contributed by atoms with E-state index in [2.05, 4.69) is 47.8 Å². The van der Waals surface area contributed by atoms with Crippen molar-refractivity contribution in [1.29, 1.82) is 0 Å². The van der Waals surface area contributed by atoms with Crippen LogP contribution < -0.4 is 9.47 Å². The normalized spacial score (nSPS) is 10.4. The van der Waals surface area contributed by atoms with Crippen molar-refractivity contribution in [3.05, 3.63) is 54.9 Å². The lowest BCUT2D eigenvalue weighted by atomic mass is 10.2. The highest BCUT2D eigenvalue weighted by Gasteiger charge is 2.12. The molecule has 0 heterocycles. The molecule has 0 unspecified atom stereocenters. The van der Waals surface area contributed by atoms with E-state index in [0.717, 1.165) is 24.5 Å². The summed E-state index contributed by atoms with van der Waals surface area (Å²) in [6.07, 6.45) is 0. The van der Waals surface area contributed by atoms with Gasteiger partial charge in [0.2, 0.25) is 0 Å². The summed E-state index contributed by atoms with van der Waals surface area (Å²) < 4.78 is 13.3. The third kappa shape index (κ3) is 4.57. The van der Waals surface area contributed by atoms with Gasteiger partial charge < -0.3 is 9.47 Å². The van der Waals surface area contributed by atoms with Gasteiger partial charge >= 0.3 is 5.97 Å². The molecule has 0 radical (unpaired) electrons. The fourth-order valence-corrected chi connectivity index (χ4v) is 3.97. The number of hydrogen-bond donors (Lipinski definition) is 0. The molecule has 0 aliphatic heterocycles. The first-order valence-corrected chi connectivity index (χ1v) is 8.80. The van der Waals surface area contributed by atoms with Crippen molar-refractivity contribution < 1.29 is 14.3 Å². The van der Waals surface area contributed by atoms with Crippen LogP contribution in [0, 0.1) is 13.8 Å². The second-order valence-corrected chi connectivity index (χ2v) is 7.35. The number of carbonyl (C=O) groups excluding carboxylic acids is 1. The first-order chi connectivity index (χ1) is 10.4. The maximum absolute atomic E-state index is 11.9. The van der Waals surface area contributed by atoms with Crippen molar-refractivity contribution in [1.82, 2.24) is 0 Å². The summed E-state index contributed by atoms with van der Waals surface area (Å²) in [6, 6.07) is 9.30. The molecule has 0 aromatic heterocycles. The lowest BCUT2D eigenvalue weighted by Crippen LogP contribution is -2.18. The van der Waals surface area contributed by atoms with Crippen molar-refractivity contribution in [2.45, 2.75) is 13.8 Å². The Balaban J connectivity index is 2.02. The van der Waals surface area contributed by atoms with Crippen LogP contribution in [0.1, 0.15) is 11.1 Å². The first kappa shape index (κ1) is 17.5. The van der Waals surface area contributed by atoms with Gasteiger partial charge in [-0.25, -0.2) is 4.79 Å². The van der Waals surface area contributed by atoms with Crippen LogP contribution in [0.15, 0.2) is 43.7 Å². The minimum atomic E-state index is -0.459. The predicted octanol–water partition coefficient (Wildman–Crippen LogP) is 5.58. The van der Waals surface area contributed by atoms with E-state index >= 15 is 0 Å². The topological polar surface area (TPSA) is 35.5 Å². The molecule has 0 amide bonds. The molecule has 0 saturated carbocycles. The maximum atomic E-state index is 11.9. The molecule has 0 bridgehead atoms. The van der Waals surface area contributed by atoms with Gasteiger partial charge in [-0.2, -0.15) is 0 Å². The van der Waals surface area contributed by atoms with Crippen molar-refractivity contribution >= 4 is 53.8 Å². The number of aryl methyl sites for hydroxylation is 2. The highest BCUT2D eigenvalue weighted by Crippen LogP contribution is 2.32. The summed E-state index contributed by atoms with van der Waals surface area (Å²) in [5.41, 5.74) is 2.00. The zero-order valence-electron chi connectivity index (χ0n) is 12.0. The highest BCUT2D eigenvalue weighted by molar-refractivity contribution is 9.11. The van der Waals surface area contributed by atoms with Gasteiger partial charge in [0.25, 0.3) is 0 Å². The number of hydrogen-bond acceptors (Lipinski definition) is 3. The monoisotopic (exact) mass is 490 g/mol. The Kier molecular flexibility index (Phi) is 6.06.